The van der Waals surface area contributed by atoms with Crippen molar-refractivity contribution in [2.75, 3.05) is 0 Å². The van der Waals surface area contributed by atoms with Crippen LogP contribution < -0.4 is 0 Å². The van der Waals surface area contributed by atoms with E-state index in [2.05, 4.69) is 6.92 Å². The van der Waals surface area contributed by atoms with Crippen molar-refractivity contribution < 1.29 is 14.3 Å². The summed E-state index contributed by atoms with van der Waals surface area (Å²) in [5.41, 5.74) is 0. The van der Waals surface area contributed by atoms with Gasteiger partial charge in [0, 0.05) is 0 Å². The predicted molar refractivity (Wildman–Crippen MR) is 59.9 cm³/mol. The van der Waals surface area contributed by atoms with Gasteiger partial charge in [0.05, 0.1) is 12.5 Å². The molecular formula is C12H23O3. The van der Waals surface area contributed by atoms with Gasteiger partial charge in [-0.15, -0.1) is 0 Å². The molecule has 15 heavy (non-hydrogen) atoms. The first-order valence-corrected chi connectivity index (χ1v) is 5.79. The van der Waals surface area contributed by atoms with Gasteiger partial charge in [0.15, 0.2) is 0 Å². The van der Waals surface area contributed by atoms with E-state index in [1.165, 1.54) is 6.61 Å². The summed E-state index contributed by atoms with van der Waals surface area (Å²) in [6, 6.07) is 0. The van der Waals surface area contributed by atoms with Crippen LogP contribution in [-0.4, -0.2) is 12.3 Å². The first-order valence-electron chi connectivity index (χ1n) is 5.79. The highest BCUT2D eigenvalue weighted by atomic mass is 16.7. The van der Waals surface area contributed by atoms with Crippen LogP contribution in [0.4, 0.5) is 0 Å². The van der Waals surface area contributed by atoms with Gasteiger partial charge in [0.25, 0.3) is 0 Å². The van der Waals surface area contributed by atoms with Gasteiger partial charge in [-0.1, -0.05) is 26.7 Å². The molecule has 0 aliphatic carbocycles. The van der Waals surface area contributed by atoms with Gasteiger partial charge in [0.1, 0.15) is 0 Å². The second kappa shape index (κ2) is 8.72. The third-order valence-corrected chi connectivity index (χ3v) is 2.34. The Morgan fingerprint density at radius 2 is 2.07 bits per heavy atom. The Morgan fingerprint density at radius 1 is 1.40 bits per heavy atom. The number of carbonyl (C=O) groups excluding carboxylic acids is 1. The maximum atomic E-state index is 11.6. The van der Waals surface area contributed by atoms with Crippen molar-refractivity contribution in [1.29, 1.82) is 0 Å². The Labute approximate surface area is 93.1 Å². The molecule has 0 aromatic rings. The van der Waals surface area contributed by atoms with Crippen molar-refractivity contribution in [3.8, 4) is 0 Å². The predicted octanol–water partition coefficient (Wildman–Crippen LogP) is 3.29. The fraction of sp³-hybridized carbons (Fsp3) is 0.833. The zero-order valence-electron chi connectivity index (χ0n) is 10.3. The molecule has 0 aromatic carbocycles. The fourth-order valence-corrected chi connectivity index (χ4v) is 1.42. The van der Waals surface area contributed by atoms with Crippen LogP contribution in [0.25, 0.3) is 0 Å². The van der Waals surface area contributed by atoms with Crippen LogP contribution in [0.1, 0.15) is 53.4 Å². The molecule has 2 unspecified atom stereocenters. The van der Waals surface area contributed by atoms with Gasteiger partial charge >= 0.3 is 5.97 Å². The number of carbonyl (C=O) groups is 1. The standard InChI is InChI=1S/C12H23O3/c1-5-8-9-11(6-2)12(13)15-10(4)14-7-3/h7,10-11H,5-6,8-9H2,1-4H3. The lowest BCUT2D eigenvalue weighted by atomic mass is 10.00. The average molecular weight is 215 g/mol. The molecule has 0 N–H and O–H groups in total. The molecule has 0 spiro atoms. The van der Waals surface area contributed by atoms with Gasteiger partial charge < -0.3 is 9.47 Å². The van der Waals surface area contributed by atoms with Crippen molar-refractivity contribution >= 4 is 5.97 Å². The summed E-state index contributed by atoms with van der Waals surface area (Å²) in [5, 5.41) is 0. The van der Waals surface area contributed by atoms with Crippen molar-refractivity contribution in [3.05, 3.63) is 6.61 Å². The van der Waals surface area contributed by atoms with Crippen LogP contribution >= 0.6 is 0 Å². The van der Waals surface area contributed by atoms with E-state index in [4.69, 9.17) is 9.47 Å². The molecule has 0 saturated heterocycles. The van der Waals surface area contributed by atoms with E-state index in [1.54, 1.807) is 13.8 Å². The van der Waals surface area contributed by atoms with Gasteiger partial charge in [0.2, 0.25) is 6.29 Å². The topological polar surface area (TPSA) is 35.5 Å². The highest BCUT2D eigenvalue weighted by molar-refractivity contribution is 5.72. The Balaban J connectivity index is 3.91. The van der Waals surface area contributed by atoms with E-state index < -0.39 is 6.29 Å². The first kappa shape index (κ1) is 14.4. The molecule has 0 fully saturated rings. The van der Waals surface area contributed by atoms with E-state index in [-0.39, 0.29) is 11.9 Å². The minimum Gasteiger partial charge on any atom is -0.436 e. The van der Waals surface area contributed by atoms with Gasteiger partial charge in [-0.2, -0.15) is 0 Å². The molecule has 0 aliphatic rings. The number of esters is 1. The molecule has 1 radical (unpaired) electrons. The molecule has 89 valence electrons. The lowest BCUT2D eigenvalue weighted by molar-refractivity contribution is -0.174. The fourth-order valence-electron chi connectivity index (χ4n) is 1.42. The second-order valence-corrected chi connectivity index (χ2v) is 3.62. The number of rotatable bonds is 8. The smallest absolute Gasteiger partial charge is 0.311 e. The van der Waals surface area contributed by atoms with Crippen LogP contribution in [-0.2, 0) is 14.3 Å². The number of hydrogen-bond donors (Lipinski definition) is 0. The summed E-state index contributed by atoms with van der Waals surface area (Å²) in [4.78, 5) is 11.6. The van der Waals surface area contributed by atoms with Gasteiger partial charge in [-0.05, 0) is 26.7 Å². The molecule has 0 saturated carbocycles. The largest absolute Gasteiger partial charge is 0.436 e. The molecular weight excluding hydrogens is 192 g/mol. The summed E-state index contributed by atoms with van der Waals surface area (Å²) in [5.74, 6) is -0.117. The molecule has 0 rings (SSSR count). The van der Waals surface area contributed by atoms with E-state index >= 15 is 0 Å². The van der Waals surface area contributed by atoms with Crippen LogP contribution in [0.3, 0.4) is 0 Å². The van der Waals surface area contributed by atoms with Crippen molar-refractivity contribution in [2.24, 2.45) is 5.92 Å². The second-order valence-electron chi connectivity index (χ2n) is 3.62. The van der Waals surface area contributed by atoms with Crippen LogP contribution in [0, 0.1) is 12.5 Å². The molecule has 0 amide bonds. The molecule has 0 aromatic heterocycles. The van der Waals surface area contributed by atoms with Crippen molar-refractivity contribution in [3.63, 3.8) is 0 Å². The minimum atomic E-state index is -0.474. The molecule has 0 bridgehead atoms. The lowest BCUT2D eigenvalue weighted by Crippen LogP contribution is -2.23. The van der Waals surface area contributed by atoms with Crippen molar-refractivity contribution in [2.45, 2.75) is 59.7 Å². The summed E-state index contributed by atoms with van der Waals surface area (Å²) in [7, 11) is 0. The third-order valence-electron chi connectivity index (χ3n) is 2.34. The normalized spacial score (nSPS) is 14.7. The lowest BCUT2D eigenvalue weighted by Gasteiger charge is -2.17. The van der Waals surface area contributed by atoms with Gasteiger partial charge in [-0.3, -0.25) is 4.79 Å². The Kier molecular flexibility index (Phi) is 8.38. The van der Waals surface area contributed by atoms with E-state index in [0.717, 1.165) is 25.7 Å². The van der Waals surface area contributed by atoms with Crippen LogP contribution in [0.15, 0.2) is 0 Å². The summed E-state index contributed by atoms with van der Waals surface area (Å²) in [6.07, 6.45) is 3.45. The highest BCUT2D eigenvalue weighted by Crippen LogP contribution is 2.15. The zero-order chi connectivity index (χ0) is 11.7. The first-order chi connectivity index (χ1) is 7.15. The van der Waals surface area contributed by atoms with Gasteiger partial charge in [-0.25, -0.2) is 0 Å². The SMILES string of the molecule is C[CH]OC(C)OC(=O)C(CC)CCCC. The maximum absolute atomic E-state index is 11.6. The Hall–Kier alpha value is -0.570. The summed E-state index contributed by atoms with van der Waals surface area (Å²) in [6.45, 7) is 9.16. The molecule has 0 heterocycles. The molecule has 0 aliphatic heterocycles. The minimum absolute atomic E-state index is 0.0212. The van der Waals surface area contributed by atoms with Crippen LogP contribution in [0.2, 0.25) is 0 Å². The zero-order valence-corrected chi connectivity index (χ0v) is 10.3. The number of ether oxygens (including phenoxy) is 2. The molecule has 3 heteroatoms. The Morgan fingerprint density at radius 3 is 2.53 bits per heavy atom. The third kappa shape index (κ3) is 6.50. The highest BCUT2D eigenvalue weighted by Gasteiger charge is 2.19. The number of hydrogen-bond acceptors (Lipinski definition) is 3. The maximum Gasteiger partial charge on any atom is 0.311 e. The van der Waals surface area contributed by atoms with Crippen molar-refractivity contribution in [1.82, 2.24) is 0 Å². The van der Waals surface area contributed by atoms with Crippen LogP contribution in [0.5, 0.6) is 0 Å². The summed E-state index contributed by atoms with van der Waals surface area (Å²) < 4.78 is 10.2. The quantitative estimate of drug-likeness (QED) is 0.460. The molecule has 3 nitrogen and oxygen atoms in total. The van der Waals surface area contributed by atoms with E-state index in [9.17, 15) is 4.79 Å². The van der Waals surface area contributed by atoms with E-state index in [1.807, 2.05) is 6.92 Å². The van der Waals surface area contributed by atoms with E-state index in [0.29, 0.717) is 0 Å². The molecule has 2 atom stereocenters. The average Bonchev–Trinajstić information content (AvgIpc) is 2.19. The monoisotopic (exact) mass is 215 g/mol. The summed E-state index contributed by atoms with van der Waals surface area (Å²) >= 11 is 0. The Bertz CT molecular complexity index is 168. The number of unbranched alkanes of at least 4 members (excludes halogenated alkanes) is 1.